The third kappa shape index (κ3) is 4.12. The number of nitrogens with zero attached hydrogens (tertiary/aromatic N) is 1. The van der Waals surface area contributed by atoms with E-state index in [2.05, 4.69) is 5.32 Å². The molecule has 0 spiro atoms. The van der Waals surface area contributed by atoms with E-state index in [-0.39, 0.29) is 24.6 Å². The molecular formula is C22H24N2O4. The van der Waals surface area contributed by atoms with Crippen LogP contribution in [0.2, 0.25) is 0 Å². The fourth-order valence-corrected chi connectivity index (χ4v) is 3.38. The average Bonchev–Trinajstić information content (AvgIpc) is 3.12. The molecule has 1 aromatic heterocycles. The summed E-state index contributed by atoms with van der Waals surface area (Å²) in [6, 6.07) is 17.2. The van der Waals surface area contributed by atoms with Crippen LogP contribution in [0.3, 0.4) is 0 Å². The Morgan fingerprint density at radius 2 is 1.93 bits per heavy atom. The van der Waals surface area contributed by atoms with E-state index in [1.165, 1.54) is 0 Å². The number of para-hydroxylation sites is 3. The number of furan rings is 1. The number of hydrogen-bond donors (Lipinski definition) is 1. The highest BCUT2D eigenvalue weighted by Gasteiger charge is 2.23. The molecule has 28 heavy (non-hydrogen) atoms. The number of rotatable bonds is 6. The van der Waals surface area contributed by atoms with Gasteiger partial charge in [0.2, 0.25) is 5.91 Å². The first-order valence-electron chi connectivity index (χ1n) is 9.43. The SMILES string of the molecule is CC(NC(=O)CN(C)CC1COc2ccccc2O1)c1cc2ccccc2o1. The summed E-state index contributed by atoms with van der Waals surface area (Å²) >= 11 is 0. The summed E-state index contributed by atoms with van der Waals surface area (Å²) in [7, 11) is 1.90. The Morgan fingerprint density at radius 1 is 1.18 bits per heavy atom. The van der Waals surface area contributed by atoms with E-state index in [0.29, 0.717) is 13.2 Å². The Bertz CT molecular complexity index is 935. The van der Waals surface area contributed by atoms with Crippen molar-refractivity contribution < 1.29 is 18.7 Å². The molecule has 0 saturated heterocycles. The highest BCUT2D eigenvalue weighted by atomic mass is 16.6. The minimum absolute atomic E-state index is 0.0624. The number of fused-ring (bicyclic) bond motifs is 2. The highest BCUT2D eigenvalue weighted by molar-refractivity contribution is 5.80. The number of carbonyl (C=O) groups is 1. The van der Waals surface area contributed by atoms with Gasteiger partial charge in [-0.25, -0.2) is 0 Å². The van der Waals surface area contributed by atoms with E-state index in [1.807, 2.05) is 73.5 Å². The summed E-state index contributed by atoms with van der Waals surface area (Å²) in [5.74, 6) is 2.19. The summed E-state index contributed by atoms with van der Waals surface area (Å²) in [5.41, 5.74) is 0.824. The maximum atomic E-state index is 12.4. The van der Waals surface area contributed by atoms with Gasteiger partial charge >= 0.3 is 0 Å². The second kappa shape index (κ2) is 7.94. The van der Waals surface area contributed by atoms with Gasteiger partial charge in [0.1, 0.15) is 24.1 Å². The number of benzene rings is 2. The maximum absolute atomic E-state index is 12.4. The Labute approximate surface area is 164 Å². The third-order valence-electron chi connectivity index (χ3n) is 4.75. The molecule has 6 heteroatoms. The van der Waals surface area contributed by atoms with Crippen LogP contribution in [-0.2, 0) is 4.79 Å². The number of hydrogen-bond acceptors (Lipinski definition) is 5. The van der Waals surface area contributed by atoms with Gasteiger partial charge in [0.25, 0.3) is 0 Å². The lowest BCUT2D eigenvalue weighted by molar-refractivity contribution is -0.123. The monoisotopic (exact) mass is 380 g/mol. The zero-order valence-electron chi connectivity index (χ0n) is 16.1. The van der Waals surface area contributed by atoms with Crippen molar-refractivity contribution in [3.63, 3.8) is 0 Å². The molecule has 2 heterocycles. The molecule has 0 fully saturated rings. The largest absolute Gasteiger partial charge is 0.486 e. The first-order valence-corrected chi connectivity index (χ1v) is 9.43. The van der Waals surface area contributed by atoms with Crippen molar-refractivity contribution in [1.82, 2.24) is 10.2 Å². The van der Waals surface area contributed by atoms with E-state index in [4.69, 9.17) is 13.9 Å². The summed E-state index contributed by atoms with van der Waals surface area (Å²) in [4.78, 5) is 14.4. The van der Waals surface area contributed by atoms with Gasteiger partial charge in [-0.2, -0.15) is 0 Å². The van der Waals surface area contributed by atoms with Crippen molar-refractivity contribution in [2.24, 2.45) is 0 Å². The highest BCUT2D eigenvalue weighted by Crippen LogP contribution is 2.31. The second-order valence-electron chi connectivity index (χ2n) is 7.17. The fourth-order valence-electron chi connectivity index (χ4n) is 3.38. The smallest absolute Gasteiger partial charge is 0.234 e. The topological polar surface area (TPSA) is 63.9 Å². The van der Waals surface area contributed by atoms with Crippen LogP contribution in [0.25, 0.3) is 11.0 Å². The first-order chi connectivity index (χ1) is 13.6. The lowest BCUT2D eigenvalue weighted by Crippen LogP contribution is -2.43. The molecule has 1 aliphatic heterocycles. The van der Waals surface area contributed by atoms with Crippen molar-refractivity contribution in [3.05, 3.63) is 60.4 Å². The summed E-state index contributed by atoms with van der Waals surface area (Å²) in [6.45, 7) is 3.26. The van der Waals surface area contributed by atoms with Gasteiger partial charge in [-0.05, 0) is 38.2 Å². The maximum Gasteiger partial charge on any atom is 0.234 e. The Hall–Kier alpha value is -2.99. The van der Waals surface area contributed by atoms with Gasteiger partial charge in [-0.15, -0.1) is 0 Å². The number of carbonyl (C=O) groups excluding carboxylic acids is 1. The van der Waals surface area contributed by atoms with Crippen LogP contribution in [0.4, 0.5) is 0 Å². The van der Waals surface area contributed by atoms with E-state index in [0.717, 1.165) is 28.2 Å². The lowest BCUT2D eigenvalue weighted by atomic mass is 10.2. The normalized spacial score (nSPS) is 16.9. The number of nitrogens with one attached hydrogen (secondary N) is 1. The van der Waals surface area contributed by atoms with Crippen LogP contribution in [0, 0.1) is 0 Å². The molecule has 2 unspecified atom stereocenters. The summed E-state index contributed by atoms with van der Waals surface area (Å²) in [5, 5.41) is 4.03. The zero-order chi connectivity index (χ0) is 19.5. The van der Waals surface area contributed by atoms with Crippen LogP contribution in [0.1, 0.15) is 18.7 Å². The number of likely N-dealkylation sites (N-methyl/N-ethyl adjacent to an activating group) is 1. The third-order valence-corrected chi connectivity index (χ3v) is 4.75. The van der Waals surface area contributed by atoms with Gasteiger partial charge in [0, 0.05) is 11.9 Å². The molecule has 2 aromatic carbocycles. The van der Waals surface area contributed by atoms with E-state index in [1.54, 1.807) is 0 Å². The van der Waals surface area contributed by atoms with Crippen molar-refractivity contribution in [2.75, 3.05) is 26.7 Å². The number of amides is 1. The summed E-state index contributed by atoms with van der Waals surface area (Å²) in [6.07, 6.45) is -0.111. The molecule has 3 aromatic rings. The molecule has 1 N–H and O–H groups in total. The first kappa shape index (κ1) is 18.4. The molecule has 6 nitrogen and oxygen atoms in total. The van der Waals surface area contributed by atoms with Gasteiger partial charge in [-0.1, -0.05) is 30.3 Å². The minimum atomic E-state index is -0.200. The van der Waals surface area contributed by atoms with Crippen LogP contribution in [-0.4, -0.2) is 43.7 Å². The van der Waals surface area contributed by atoms with Crippen LogP contribution in [0.5, 0.6) is 11.5 Å². The molecule has 0 aliphatic carbocycles. The predicted octanol–water partition coefficient (Wildman–Crippen LogP) is 3.38. The zero-order valence-corrected chi connectivity index (χ0v) is 16.1. The van der Waals surface area contributed by atoms with Gasteiger partial charge in [-0.3, -0.25) is 9.69 Å². The predicted molar refractivity (Wildman–Crippen MR) is 107 cm³/mol. The summed E-state index contributed by atoms with van der Waals surface area (Å²) < 4.78 is 17.5. The Morgan fingerprint density at radius 3 is 2.75 bits per heavy atom. The van der Waals surface area contributed by atoms with E-state index >= 15 is 0 Å². The second-order valence-corrected chi connectivity index (χ2v) is 7.17. The van der Waals surface area contributed by atoms with Crippen molar-refractivity contribution in [2.45, 2.75) is 19.1 Å². The molecule has 0 radical (unpaired) electrons. The Kier molecular flexibility index (Phi) is 5.21. The van der Waals surface area contributed by atoms with Gasteiger partial charge in [0.15, 0.2) is 11.5 Å². The molecule has 0 bridgehead atoms. The quantitative estimate of drug-likeness (QED) is 0.710. The standard InChI is InChI=1S/C22H24N2O4/c1-15(21-11-16-7-3-4-8-18(16)28-21)23-22(25)13-24(2)12-17-14-26-19-9-5-6-10-20(19)27-17/h3-11,15,17H,12-14H2,1-2H3,(H,23,25). The van der Waals surface area contributed by atoms with Gasteiger partial charge in [0.05, 0.1) is 12.6 Å². The molecule has 4 rings (SSSR count). The minimum Gasteiger partial charge on any atom is -0.486 e. The van der Waals surface area contributed by atoms with Crippen molar-refractivity contribution >= 4 is 16.9 Å². The lowest BCUT2D eigenvalue weighted by Gasteiger charge is -2.29. The molecule has 146 valence electrons. The van der Waals surface area contributed by atoms with Crippen molar-refractivity contribution in [1.29, 1.82) is 0 Å². The average molecular weight is 380 g/mol. The van der Waals surface area contributed by atoms with Crippen molar-refractivity contribution in [3.8, 4) is 11.5 Å². The Balaban J connectivity index is 1.28. The van der Waals surface area contributed by atoms with E-state index in [9.17, 15) is 4.79 Å². The van der Waals surface area contributed by atoms with E-state index < -0.39 is 0 Å². The van der Waals surface area contributed by atoms with Crippen LogP contribution < -0.4 is 14.8 Å². The number of ether oxygens (including phenoxy) is 2. The van der Waals surface area contributed by atoms with Crippen LogP contribution >= 0.6 is 0 Å². The fraction of sp³-hybridized carbons (Fsp3) is 0.318. The van der Waals surface area contributed by atoms with Crippen LogP contribution in [0.15, 0.2) is 59.0 Å². The molecule has 1 aliphatic rings. The molecule has 1 amide bonds. The molecule has 2 atom stereocenters. The molecular weight excluding hydrogens is 356 g/mol. The van der Waals surface area contributed by atoms with Gasteiger partial charge < -0.3 is 19.2 Å². The molecule has 0 saturated carbocycles.